The van der Waals surface area contributed by atoms with Crippen LogP contribution in [0.2, 0.25) is 0 Å². The molecular formula is C23H25N3S. The van der Waals surface area contributed by atoms with Gasteiger partial charge >= 0.3 is 0 Å². The molecule has 3 nitrogen and oxygen atoms in total. The lowest BCUT2D eigenvalue weighted by molar-refractivity contribution is 0.588. The highest BCUT2D eigenvalue weighted by Crippen LogP contribution is 2.31. The molecule has 0 saturated carbocycles. The van der Waals surface area contributed by atoms with Crippen molar-refractivity contribution in [2.45, 2.75) is 37.8 Å². The van der Waals surface area contributed by atoms with Crippen molar-refractivity contribution in [3.63, 3.8) is 0 Å². The predicted octanol–water partition coefficient (Wildman–Crippen LogP) is 5.92. The van der Waals surface area contributed by atoms with Gasteiger partial charge in [0.05, 0.1) is 11.4 Å². The Kier molecular flexibility index (Phi) is 6.05. The van der Waals surface area contributed by atoms with E-state index in [1.54, 1.807) is 0 Å². The Morgan fingerprint density at radius 3 is 2.30 bits per heavy atom. The average molecular weight is 376 g/mol. The largest absolute Gasteiger partial charge is 0.314 e. The Morgan fingerprint density at radius 1 is 0.963 bits per heavy atom. The molecule has 1 atom stereocenters. The third-order valence-corrected chi connectivity index (χ3v) is 6.21. The fraction of sp³-hybridized carbons (Fsp3) is 0.304. The zero-order chi connectivity index (χ0) is 18.3. The lowest BCUT2D eigenvalue weighted by atomic mass is 9.87. The number of nitrogens with zero attached hydrogens (tertiary/aromatic N) is 3. The fourth-order valence-corrected chi connectivity index (χ4v) is 4.74. The number of unbranched alkanes of at least 4 members (excludes halogenated alkanes) is 1. The smallest absolute Gasteiger partial charge is 0.136 e. The van der Waals surface area contributed by atoms with Crippen molar-refractivity contribution in [1.82, 2.24) is 9.55 Å². The Morgan fingerprint density at radius 2 is 1.67 bits per heavy atom. The van der Waals surface area contributed by atoms with Crippen LogP contribution in [-0.4, -0.2) is 20.3 Å². The van der Waals surface area contributed by atoms with Gasteiger partial charge in [0, 0.05) is 24.1 Å². The van der Waals surface area contributed by atoms with Crippen molar-refractivity contribution in [3.05, 3.63) is 90.5 Å². The summed E-state index contributed by atoms with van der Waals surface area (Å²) in [5, 5.41) is 1.30. The molecule has 3 aromatic rings. The van der Waals surface area contributed by atoms with E-state index in [9.17, 15) is 0 Å². The molecule has 0 saturated heterocycles. The molecule has 0 N–H and O–H groups in total. The fourth-order valence-electron chi connectivity index (χ4n) is 3.67. The zero-order valence-electron chi connectivity index (χ0n) is 15.4. The highest BCUT2D eigenvalue weighted by molar-refractivity contribution is 8.14. The van der Waals surface area contributed by atoms with E-state index in [4.69, 9.17) is 4.99 Å². The Labute approximate surface area is 165 Å². The number of aromatic nitrogens is 2. The normalized spacial score (nSPS) is 16.6. The van der Waals surface area contributed by atoms with Gasteiger partial charge in [0.1, 0.15) is 6.17 Å². The summed E-state index contributed by atoms with van der Waals surface area (Å²) in [6, 6.07) is 21.8. The van der Waals surface area contributed by atoms with Crippen molar-refractivity contribution in [1.29, 1.82) is 0 Å². The van der Waals surface area contributed by atoms with Crippen molar-refractivity contribution in [2.24, 2.45) is 4.99 Å². The minimum absolute atomic E-state index is 0.230. The molecule has 138 valence electrons. The van der Waals surface area contributed by atoms with E-state index in [0.717, 1.165) is 12.2 Å². The first kappa shape index (κ1) is 18.1. The predicted molar refractivity (Wildman–Crippen MR) is 114 cm³/mol. The van der Waals surface area contributed by atoms with Gasteiger partial charge in [-0.1, -0.05) is 67.1 Å². The van der Waals surface area contributed by atoms with Crippen LogP contribution < -0.4 is 0 Å². The topological polar surface area (TPSA) is 30.2 Å². The molecule has 1 aromatic heterocycles. The number of thioether (sulfide) groups is 1. The maximum absolute atomic E-state index is 4.87. The molecule has 1 unspecified atom stereocenters. The number of hydrogen-bond acceptors (Lipinski definition) is 3. The van der Waals surface area contributed by atoms with E-state index in [2.05, 4.69) is 70.2 Å². The molecule has 0 amide bonds. The summed E-state index contributed by atoms with van der Waals surface area (Å²) in [7, 11) is 0. The Bertz CT molecular complexity index is 804. The van der Waals surface area contributed by atoms with Crippen LogP contribution in [0.25, 0.3) is 0 Å². The SMILES string of the molecule is c1ccc(C(CCCCC2=NC(n3ccnc3)CS2)c2ccccc2)cc1. The first-order valence-electron chi connectivity index (χ1n) is 9.67. The number of imidazole rings is 1. The summed E-state index contributed by atoms with van der Waals surface area (Å²) < 4.78 is 2.10. The Hall–Kier alpha value is -2.33. The van der Waals surface area contributed by atoms with Crippen LogP contribution in [0.15, 0.2) is 84.4 Å². The van der Waals surface area contributed by atoms with Gasteiger partial charge in [0.15, 0.2) is 0 Å². The van der Waals surface area contributed by atoms with E-state index < -0.39 is 0 Å². The molecule has 4 rings (SSSR count). The maximum Gasteiger partial charge on any atom is 0.136 e. The van der Waals surface area contributed by atoms with Crippen molar-refractivity contribution >= 4 is 16.8 Å². The van der Waals surface area contributed by atoms with E-state index in [1.165, 1.54) is 35.4 Å². The molecule has 0 fully saturated rings. The molecule has 2 aromatic carbocycles. The Balaban J connectivity index is 1.33. The van der Waals surface area contributed by atoms with Crippen molar-refractivity contribution in [3.8, 4) is 0 Å². The van der Waals surface area contributed by atoms with E-state index in [0.29, 0.717) is 5.92 Å². The number of benzene rings is 2. The lowest BCUT2D eigenvalue weighted by Crippen LogP contribution is -2.03. The van der Waals surface area contributed by atoms with Gasteiger partial charge in [-0.25, -0.2) is 4.98 Å². The third kappa shape index (κ3) is 4.69. The van der Waals surface area contributed by atoms with E-state index >= 15 is 0 Å². The molecule has 4 heteroatoms. The number of hydrogen-bond donors (Lipinski definition) is 0. The minimum Gasteiger partial charge on any atom is -0.314 e. The molecule has 0 radical (unpaired) electrons. The summed E-state index contributed by atoms with van der Waals surface area (Å²) in [6.45, 7) is 0. The molecule has 1 aliphatic rings. The molecule has 0 aliphatic carbocycles. The van der Waals surface area contributed by atoms with E-state index in [1.807, 2.05) is 30.5 Å². The van der Waals surface area contributed by atoms with Crippen LogP contribution in [0.5, 0.6) is 0 Å². The summed E-state index contributed by atoms with van der Waals surface area (Å²) in [5.74, 6) is 1.51. The van der Waals surface area contributed by atoms with Crippen LogP contribution >= 0.6 is 11.8 Å². The molecule has 2 heterocycles. The summed E-state index contributed by atoms with van der Waals surface area (Å²) in [4.78, 5) is 8.99. The second kappa shape index (κ2) is 9.05. The first-order valence-corrected chi connectivity index (χ1v) is 10.7. The van der Waals surface area contributed by atoms with Crippen LogP contribution in [0.4, 0.5) is 0 Å². The standard InChI is InChI=1S/C23H25N3S/c1-3-9-19(10-4-1)21(20-11-5-2-6-12-20)13-7-8-14-23-25-22(17-27-23)26-16-15-24-18-26/h1-6,9-12,15-16,18,21-22H,7-8,13-14,17H2. The summed E-state index contributed by atoms with van der Waals surface area (Å²) >= 11 is 1.90. The van der Waals surface area contributed by atoms with Gasteiger partial charge in [0.25, 0.3) is 0 Å². The van der Waals surface area contributed by atoms with Gasteiger partial charge in [-0.15, -0.1) is 11.8 Å². The van der Waals surface area contributed by atoms with Gasteiger partial charge in [-0.3, -0.25) is 4.99 Å². The van der Waals surface area contributed by atoms with Crippen molar-refractivity contribution < 1.29 is 0 Å². The number of rotatable bonds is 8. The third-order valence-electron chi connectivity index (χ3n) is 5.10. The summed E-state index contributed by atoms with van der Waals surface area (Å²) in [5.41, 5.74) is 2.83. The van der Waals surface area contributed by atoms with Gasteiger partial charge < -0.3 is 4.57 Å². The zero-order valence-corrected chi connectivity index (χ0v) is 16.3. The van der Waals surface area contributed by atoms with Crippen LogP contribution in [0, 0.1) is 0 Å². The molecule has 1 aliphatic heterocycles. The van der Waals surface area contributed by atoms with E-state index in [-0.39, 0.29) is 6.17 Å². The van der Waals surface area contributed by atoms with Crippen LogP contribution in [-0.2, 0) is 0 Å². The molecule has 27 heavy (non-hydrogen) atoms. The summed E-state index contributed by atoms with van der Waals surface area (Å²) in [6.07, 6.45) is 10.6. The minimum atomic E-state index is 0.230. The quantitative estimate of drug-likeness (QED) is 0.458. The maximum atomic E-state index is 4.87. The van der Waals surface area contributed by atoms with Crippen molar-refractivity contribution in [2.75, 3.05) is 5.75 Å². The second-order valence-electron chi connectivity index (χ2n) is 6.94. The molecular weight excluding hydrogens is 350 g/mol. The van der Waals surface area contributed by atoms with Crippen LogP contribution in [0.3, 0.4) is 0 Å². The van der Waals surface area contributed by atoms with Gasteiger partial charge in [0.2, 0.25) is 0 Å². The lowest BCUT2D eigenvalue weighted by Gasteiger charge is -2.18. The molecule has 0 bridgehead atoms. The number of aliphatic imine (C=N–C) groups is 1. The highest BCUT2D eigenvalue weighted by Gasteiger charge is 2.19. The van der Waals surface area contributed by atoms with Crippen LogP contribution in [0.1, 0.15) is 48.9 Å². The van der Waals surface area contributed by atoms with Gasteiger partial charge in [-0.2, -0.15) is 0 Å². The monoisotopic (exact) mass is 375 g/mol. The first-order chi connectivity index (χ1) is 13.4. The average Bonchev–Trinajstić information content (AvgIpc) is 3.41. The highest BCUT2D eigenvalue weighted by atomic mass is 32.2. The molecule has 0 spiro atoms. The van der Waals surface area contributed by atoms with Gasteiger partial charge in [-0.05, 0) is 30.4 Å². The second-order valence-corrected chi connectivity index (χ2v) is 8.04.